The highest BCUT2D eigenvalue weighted by Crippen LogP contribution is 2.44. The number of thioether (sulfide) groups is 1. The summed E-state index contributed by atoms with van der Waals surface area (Å²) in [4.78, 5) is 37.8. The van der Waals surface area contributed by atoms with E-state index in [1.165, 1.54) is 11.8 Å². The number of carboxylic acid groups (broad SMARTS) is 1. The number of benzene rings is 2. The zero-order chi connectivity index (χ0) is 24.8. The lowest BCUT2D eigenvalue weighted by atomic mass is 9.88. The third-order valence-corrected chi connectivity index (χ3v) is 7.32. The van der Waals surface area contributed by atoms with E-state index < -0.39 is 29.6 Å². The van der Waals surface area contributed by atoms with Gasteiger partial charge in [-0.05, 0) is 40.7 Å². The second-order valence-electron chi connectivity index (χ2n) is 8.79. The molecule has 1 heterocycles. The van der Waals surface area contributed by atoms with Crippen LogP contribution in [0.2, 0.25) is 0 Å². The smallest absolute Gasteiger partial charge is 0.408 e. The van der Waals surface area contributed by atoms with Gasteiger partial charge in [-0.1, -0.05) is 48.5 Å². The molecule has 186 valence electrons. The third-order valence-electron chi connectivity index (χ3n) is 6.68. The Morgan fingerprint density at radius 1 is 1.09 bits per heavy atom. The first-order valence-electron chi connectivity index (χ1n) is 11.7. The van der Waals surface area contributed by atoms with Crippen LogP contribution in [0.1, 0.15) is 36.3 Å². The molecule has 0 spiro atoms. The monoisotopic (exact) mass is 498 g/mol. The molecule has 0 saturated carbocycles. The molecule has 0 aromatic heterocycles. The predicted molar refractivity (Wildman–Crippen MR) is 134 cm³/mol. The molecule has 1 aliphatic heterocycles. The number of carbonyl (C=O) groups excluding carboxylic acids is 2. The molecule has 1 aliphatic carbocycles. The maximum Gasteiger partial charge on any atom is 0.408 e. The average molecular weight is 499 g/mol. The number of carbonyl (C=O) groups is 3. The first kappa shape index (κ1) is 25.1. The molecule has 1 atom stereocenters. The highest BCUT2D eigenvalue weighted by atomic mass is 32.2. The minimum Gasteiger partial charge on any atom is -0.480 e. The van der Waals surface area contributed by atoms with Crippen LogP contribution in [0.5, 0.6) is 0 Å². The molecule has 2 aromatic rings. The predicted octanol–water partition coefficient (Wildman–Crippen LogP) is 3.40. The summed E-state index contributed by atoms with van der Waals surface area (Å²) in [6.45, 7) is 0.679. The Kier molecular flexibility index (Phi) is 7.97. The van der Waals surface area contributed by atoms with Gasteiger partial charge in [0.15, 0.2) is 0 Å². The summed E-state index contributed by atoms with van der Waals surface area (Å²) >= 11 is 1.50. The van der Waals surface area contributed by atoms with Crippen molar-refractivity contribution < 1.29 is 29.0 Å². The molecule has 0 bridgehead atoms. The maximum absolute atomic E-state index is 13.2. The molecule has 0 unspecified atom stereocenters. The summed E-state index contributed by atoms with van der Waals surface area (Å²) in [5, 5.41) is 14.9. The lowest BCUT2D eigenvalue weighted by Crippen LogP contribution is -2.63. The van der Waals surface area contributed by atoms with E-state index in [1.54, 1.807) is 0 Å². The second kappa shape index (κ2) is 11.1. The number of ether oxygens (including phenoxy) is 2. The topological polar surface area (TPSA) is 114 Å². The standard InChI is InChI=1S/C26H30N2O6S/c1-35-15-10-22(23(29)30)27-24(31)26(11-13-33-14-12-26)28-25(32)34-16-21-19-8-4-2-6-17(19)18-7-3-5-9-20(18)21/h2-9,21-22H,10-16H2,1H3,(H,27,31)(H,28,32)(H,29,30)/t22-/m1/s1. The van der Waals surface area contributed by atoms with Gasteiger partial charge in [-0.3, -0.25) is 4.79 Å². The zero-order valence-electron chi connectivity index (χ0n) is 19.6. The van der Waals surface area contributed by atoms with Crippen molar-refractivity contribution in [2.24, 2.45) is 0 Å². The van der Waals surface area contributed by atoms with Crippen LogP contribution in [0.4, 0.5) is 4.79 Å². The normalized spacial score (nSPS) is 17.1. The summed E-state index contributed by atoms with van der Waals surface area (Å²) in [5.74, 6) is -1.14. The van der Waals surface area contributed by atoms with Gasteiger partial charge >= 0.3 is 12.1 Å². The van der Waals surface area contributed by atoms with Gasteiger partial charge in [-0.2, -0.15) is 11.8 Å². The lowest BCUT2D eigenvalue weighted by molar-refractivity contribution is -0.144. The molecular formula is C26H30N2O6S. The number of nitrogens with one attached hydrogen (secondary N) is 2. The molecule has 1 saturated heterocycles. The number of alkyl carbamates (subject to hydrolysis) is 1. The van der Waals surface area contributed by atoms with Crippen molar-refractivity contribution in [2.45, 2.75) is 36.8 Å². The van der Waals surface area contributed by atoms with Crippen molar-refractivity contribution in [3.05, 3.63) is 59.7 Å². The average Bonchev–Trinajstić information content (AvgIpc) is 3.19. The number of rotatable bonds is 9. The number of hydrogen-bond donors (Lipinski definition) is 3. The fraction of sp³-hybridized carbons (Fsp3) is 0.423. The molecule has 2 aromatic carbocycles. The van der Waals surface area contributed by atoms with Crippen LogP contribution in [-0.4, -0.2) is 66.5 Å². The van der Waals surface area contributed by atoms with Crippen LogP contribution >= 0.6 is 11.8 Å². The van der Waals surface area contributed by atoms with Crippen molar-refractivity contribution in [3.63, 3.8) is 0 Å². The van der Waals surface area contributed by atoms with E-state index in [-0.39, 0.29) is 38.6 Å². The van der Waals surface area contributed by atoms with Crippen molar-refractivity contribution in [1.82, 2.24) is 10.6 Å². The Morgan fingerprint density at radius 2 is 1.69 bits per heavy atom. The molecule has 2 amide bonds. The van der Waals surface area contributed by atoms with Gasteiger partial charge in [0.05, 0.1) is 0 Å². The Balaban J connectivity index is 1.45. The quantitative estimate of drug-likeness (QED) is 0.486. The Morgan fingerprint density at radius 3 is 2.26 bits per heavy atom. The number of fused-ring (bicyclic) bond motifs is 3. The van der Waals surface area contributed by atoms with Gasteiger partial charge in [0.2, 0.25) is 5.91 Å². The van der Waals surface area contributed by atoms with Gasteiger partial charge in [0.25, 0.3) is 0 Å². The van der Waals surface area contributed by atoms with Crippen LogP contribution in [0.25, 0.3) is 11.1 Å². The van der Waals surface area contributed by atoms with Gasteiger partial charge in [0.1, 0.15) is 18.2 Å². The molecule has 9 heteroatoms. The number of aliphatic carboxylic acids is 1. The Labute approximate surface area is 208 Å². The molecule has 2 aliphatic rings. The summed E-state index contributed by atoms with van der Waals surface area (Å²) < 4.78 is 11.0. The van der Waals surface area contributed by atoms with E-state index in [0.29, 0.717) is 12.2 Å². The van der Waals surface area contributed by atoms with Crippen LogP contribution in [0.15, 0.2) is 48.5 Å². The second-order valence-corrected chi connectivity index (χ2v) is 9.78. The fourth-order valence-electron chi connectivity index (χ4n) is 4.75. The molecule has 35 heavy (non-hydrogen) atoms. The first-order chi connectivity index (χ1) is 16.9. The molecule has 1 fully saturated rings. The maximum atomic E-state index is 13.2. The summed E-state index contributed by atoms with van der Waals surface area (Å²) in [5.41, 5.74) is 3.16. The van der Waals surface area contributed by atoms with Crippen LogP contribution in [0.3, 0.4) is 0 Å². The zero-order valence-corrected chi connectivity index (χ0v) is 20.4. The number of amides is 2. The summed E-state index contributed by atoms with van der Waals surface area (Å²) in [7, 11) is 0. The van der Waals surface area contributed by atoms with Gasteiger partial charge in [-0.25, -0.2) is 9.59 Å². The third kappa shape index (κ3) is 5.46. The number of hydrogen-bond acceptors (Lipinski definition) is 6. The van der Waals surface area contributed by atoms with Crippen LogP contribution < -0.4 is 10.6 Å². The van der Waals surface area contributed by atoms with Crippen molar-refractivity contribution in [1.29, 1.82) is 0 Å². The first-order valence-corrected chi connectivity index (χ1v) is 13.1. The van der Waals surface area contributed by atoms with E-state index in [4.69, 9.17) is 9.47 Å². The van der Waals surface area contributed by atoms with Crippen LogP contribution in [-0.2, 0) is 19.1 Å². The van der Waals surface area contributed by atoms with Crippen molar-refractivity contribution in [2.75, 3.05) is 31.8 Å². The highest BCUT2D eigenvalue weighted by Gasteiger charge is 2.43. The minimum atomic E-state index is -1.28. The van der Waals surface area contributed by atoms with E-state index in [2.05, 4.69) is 22.8 Å². The van der Waals surface area contributed by atoms with E-state index >= 15 is 0 Å². The largest absolute Gasteiger partial charge is 0.480 e. The number of carboxylic acids is 1. The van der Waals surface area contributed by atoms with Crippen molar-refractivity contribution in [3.8, 4) is 11.1 Å². The van der Waals surface area contributed by atoms with E-state index in [9.17, 15) is 19.5 Å². The molecule has 4 rings (SSSR count). The Hall–Kier alpha value is -3.04. The Bertz CT molecular complexity index is 1040. The van der Waals surface area contributed by atoms with E-state index in [1.807, 2.05) is 42.7 Å². The van der Waals surface area contributed by atoms with Crippen LogP contribution in [0, 0.1) is 0 Å². The van der Waals surface area contributed by atoms with E-state index in [0.717, 1.165) is 22.3 Å². The molecule has 8 nitrogen and oxygen atoms in total. The van der Waals surface area contributed by atoms with Gasteiger partial charge in [0, 0.05) is 32.0 Å². The minimum absolute atomic E-state index is 0.101. The lowest BCUT2D eigenvalue weighted by Gasteiger charge is -2.36. The molecule has 3 N–H and O–H groups in total. The summed E-state index contributed by atoms with van der Waals surface area (Å²) in [6, 6.07) is 15.1. The highest BCUT2D eigenvalue weighted by molar-refractivity contribution is 7.98. The molecule has 0 radical (unpaired) electrons. The van der Waals surface area contributed by atoms with Gasteiger partial charge in [-0.15, -0.1) is 0 Å². The summed E-state index contributed by atoms with van der Waals surface area (Å²) in [6.07, 6.45) is 1.93. The van der Waals surface area contributed by atoms with Gasteiger partial charge < -0.3 is 25.2 Å². The molecular weight excluding hydrogens is 468 g/mol. The van der Waals surface area contributed by atoms with Crippen molar-refractivity contribution >= 4 is 29.7 Å². The SMILES string of the molecule is CSCC[C@@H](NC(=O)C1(NC(=O)OCC2c3ccccc3-c3ccccc32)CCOCC1)C(=O)O. The fourth-order valence-corrected chi connectivity index (χ4v) is 5.22.